The Balaban J connectivity index is 1.65. The van der Waals surface area contributed by atoms with Crippen LogP contribution in [-0.2, 0) is 6.54 Å². The highest BCUT2D eigenvalue weighted by Crippen LogP contribution is 2.20. The van der Waals surface area contributed by atoms with E-state index in [0.29, 0.717) is 34.9 Å². The first-order valence-corrected chi connectivity index (χ1v) is 9.16. The molecule has 1 N–H and O–H groups in total. The molecule has 27 heavy (non-hydrogen) atoms. The number of hydrogen-bond acceptors (Lipinski definition) is 5. The van der Waals surface area contributed by atoms with Crippen LogP contribution in [0.1, 0.15) is 12.8 Å². The summed E-state index contributed by atoms with van der Waals surface area (Å²) < 4.78 is 10.5. The minimum Gasteiger partial charge on any atom is -0.497 e. The number of nitrogens with zero attached hydrogens (tertiary/aromatic N) is 3. The van der Waals surface area contributed by atoms with Gasteiger partial charge in [-0.05, 0) is 67.7 Å². The minimum absolute atomic E-state index is 0.416. The number of methoxy groups -OCH3 is 1. The molecule has 0 aliphatic rings. The molecule has 0 aliphatic carbocycles. The Morgan fingerprint density at radius 2 is 1.89 bits per heavy atom. The Hall–Kier alpha value is -2.64. The molecule has 2 aromatic carbocycles. The van der Waals surface area contributed by atoms with E-state index in [1.807, 2.05) is 48.2 Å². The van der Waals surface area contributed by atoms with E-state index in [-0.39, 0.29) is 0 Å². The first-order valence-electron chi connectivity index (χ1n) is 8.37. The van der Waals surface area contributed by atoms with Crippen molar-refractivity contribution < 1.29 is 9.26 Å². The number of anilines is 1. The first kappa shape index (κ1) is 19.1. The van der Waals surface area contributed by atoms with Crippen molar-refractivity contribution in [3.8, 4) is 17.1 Å². The third kappa shape index (κ3) is 4.96. The maximum absolute atomic E-state index is 5.91. The van der Waals surface area contributed by atoms with Crippen molar-refractivity contribution in [3.63, 3.8) is 0 Å². The van der Waals surface area contributed by atoms with E-state index in [9.17, 15) is 0 Å². The Kier molecular flexibility index (Phi) is 6.26. The minimum atomic E-state index is 0.416. The third-order valence-electron chi connectivity index (χ3n) is 3.91. The van der Waals surface area contributed by atoms with Gasteiger partial charge in [0, 0.05) is 22.8 Å². The van der Waals surface area contributed by atoms with Gasteiger partial charge in [-0.15, -0.1) is 0 Å². The molecule has 140 valence electrons. The van der Waals surface area contributed by atoms with Crippen LogP contribution in [0.4, 0.5) is 5.69 Å². The number of benzene rings is 2. The fourth-order valence-electron chi connectivity index (χ4n) is 2.40. The molecule has 0 fully saturated rings. The lowest BCUT2D eigenvalue weighted by Gasteiger charge is -2.22. The second-order valence-electron chi connectivity index (χ2n) is 5.69. The smallest absolute Gasteiger partial charge is 0.246 e. The van der Waals surface area contributed by atoms with Crippen LogP contribution in [0.2, 0.25) is 5.02 Å². The molecule has 0 atom stereocenters. The molecule has 3 aromatic rings. The average molecular weight is 403 g/mol. The molecule has 0 spiro atoms. The van der Waals surface area contributed by atoms with Gasteiger partial charge < -0.3 is 19.5 Å². The molecule has 8 heteroatoms. The molecule has 0 saturated carbocycles. The van der Waals surface area contributed by atoms with E-state index in [0.717, 1.165) is 17.0 Å². The standard InChI is InChI=1S/C19H19ClN4O2S/c1-3-24(19(27)21-15-8-10-16(25-2)11-9-15)12-17-22-18(23-26-17)13-4-6-14(20)7-5-13/h4-11H,3,12H2,1-2H3,(H,21,27). The van der Waals surface area contributed by atoms with Crippen molar-refractivity contribution in [2.75, 3.05) is 19.0 Å². The Labute approximate surface area is 168 Å². The molecule has 6 nitrogen and oxygen atoms in total. The van der Waals surface area contributed by atoms with Gasteiger partial charge in [-0.3, -0.25) is 0 Å². The highest BCUT2D eigenvalue weighted by molar-refractivity contribution is 7.80. The number of thiocarbonyl (C=S) groups is 1. The first-order chi connectivity index (χ1) is 13.1. The van der Waals surface area contributed by atoms with Gasteiger partial charge in [0.1, 0.15) is 5.75 Å². The van der Waals surface area contributed by atoms with E-state index in [2.05, 4.69) is 15.5 Å². The van der Waals surface area contributed by atoms with E-state index in [1.165, 1.54) is 0 Å². The van der Waals surface area contributed by atoms with Crippen molar-refractivity contribution in [2.24, 2.45) is 0 Å². The molecule has 3 rings (SSSR count). The summed E-state index contributed by atoms with van der Waals surface area (Å²) in [5.74, 6) is 1.80. The van der Waals surface area contributed by atoms with Gasteiger partial charge in [0.25, 0.3) is 0 Å². The molecule has 0 aliphatic heterocycles. The molecule has 0 amide bonds. The van der Waals surface area contributed by atoms with Gasteiger partial charge in [0.2, 0.25) is 11.7 Å². The largest absolute Gasteiger partial charge is 0.497 e. The van der Waals surface area contributed by atoms with Crippen LogP contribution < -0.4 is 10.1 Å². The van der Waals surface area contributed by atoms with Crippen molar-refractivity contribution >= 4 is 34.6 Å². The van der Waals surface area contributed by atoms with Gasteiger partial charge in [0.05, 0.1) is 13.7 Å². The molecule has 0 unspecified atom stereocenters. The SMILES string of the molecule is CCN(Cc1nc(-c2ccc(Cl)cc2)no1)C(=S)Nc1ccc(OC)cc1. The molecule has 0 saturated heterocycles. The zero-order chi connectivity index (χ0) is 19.2. The predicted octanol–water partition coefficient (Wildman–Crippen LogP) is 4.62. The summed E-state index contributed by atoms with van der Waals surface area (Å²) in [6, 6.07) is 14.8. The summed E-state index contributed by atoms with van der Waals surface area (Å²) >= 11 is 11.4. The van der Waals surface area contributed by atoms with Crippen LogP contribution in [0.5, 0.6) is 5.75 Å². The summed E-state index contributed by atoms with van der Waals surface area (Å²) in [6.07, 6.45) is 0. The highest BCUT2D eigenvalue weighted by atomic mass is 35.5. The van der Waals surface area contributed by atoms with Gasteiger partial charge in [-0.25, -0.2) is 0 Å². The normalized spacial score (nSPS) is 10.5. The zero-order valence-electron chi connectivity index (χ0n) is 15.0. The second-order valence-corrected chi connectivity index (χ2v) is 6.51. The zero-order valence-corrected chi connectivity index (χ0v) is 16.5. The average Bonchev–Trinajstić information content (AvgIpc) is 3.16. The topological polar surface area (TPSA) is 63.4 Å². The fourth-order valence-corrected chi connectivity index (χ4v) is 2.84. The van der Waals surface area contributed by atoms with Crippen LogP contribution in [0.3, 0.4) is 0 Å². The monoisotopic (exact) mass is 402 g/mol. The highest BCUT2D eigenvalue weighted by Gasteiger charge is 2.15. The van der Waals surface area contributed by atoms with Crippen molar-refractivity contribution in [3.05, 3.63) is 59.4 Å². The maximum atomic E-state index is 5.91. The number of hydrogen-bond donors (Lipinski definition) is 1. The van der Waals surface area contributed by atoms with Crippen LogP contribution in [-0.4, -0.2) is 33.8 Å². The van der Waals surface area contributed by atoms with E-state index >= 15 is 0 Å². The number of rotatable bonds is 6. The molecule has 0 radical (unpaired) electrons. The second kappa shape index (κ2) is 8.83. The fraction of sp³-hybridized carbons (Fsp3) is 0.211. The summed E-state index contributed by atoms with van der Waals surface area (Å²) in [7, 11) is 1.63. The van der Waals surface area contributed by atoms with Crippen LogP contribution in [0.15, 0.2) is 53.1 Å². The lowest BCUT2D eigenvalue weighted by atomic mass is 10.2. The Morgan fingerprint density at radius 3 is 2.52 bits per heavy atom. The van der Waals surface area contributed by atoms with Crippen LogP contribution in [0, 0.1) is 0 Å². The molecule has 1 aromatic heterocycles. The van der Waals surface area contributed by atoms with Crippen molar-refractivity contribution in [1.82, 2.24) is 15.0 Å². The maximum Gasteiger partial charge on any atom is 0.246 e. The predicted molar refractivity (Wildman–Crippen MR) is 110 cm³/mol. The summed E-state index contributed by atoms with van der Waals surface area (Å²) in [5.41, 5.74) is 1.73. The van der Waals surface area contributed by atoms with Gasteiger partial charge in [-0.1, -0.05) is 16.8 Å². The molecular weight excluding hydrogens is 384 g/mol. The lowest BCUT2D eigenvalue weighted by Crippen LogP contribution is -2.34. The molecule has 0 bridgehead atoms. The Bertz CT molecular complexity index is 897. The lowest BCUT2D eigenvalue weighted by molar-refractivity contribution is 0.320. The third-order valence-corrected chi connectivity index (χ3v) is 4.52. The number of aromatic nitrogens is 2. The number of ether oxygens (including phenoxy) is 1. The summed E-state index contributed by atoms with van der Waals surface area (Å²) in [5, 5.41) is 8.48. The summed E-state index contributed by atoms with van der Waals surface area (Å²) in [6.45, 7) is 3.12. The van der Waals surface area contributed by atoms with E-state index < -0.39 is 0 Å². The van der Waals surface area contributed by atoms with Crippen LogP contribution in [0.25, 0.3) is 11.4 Å². The quantitative estimate of drug-likeness (QED) is 0.603. The van der Waals surface area contributed by atoms with Gasteiger partial charge in [0.15, 0.2) is 5.11 Å². The molecule has 1 heterocycles. The summed E-state index contributed by atoms with van der Waals surface area (Å²) in [4.78, 5) is 6.39. The van der Waals surface area contributed by atoms with Crippen molar-refractivity contribution in [2.45, 2.75) is 13.5 Å². The molecular formula is C19H19ClN4O2S. The van der Waals surface area contributed by atoms with E-state index in [1.54, 1.807) is 19.2 Å². The van der Waals surface area contributed by atoms with E-state index in [4.69, 9.17) is 33.1 Å². The van der Waals surface area contributed by atoms with Crippen molar-refractivity contribution in [1.29, 1.82) is 0 Å². The van der Waals surface area contributed by atoms with Crippen LogP contribution >= 0.6 is 23.8 Å². The van der Waals surface area contributed by atoms with Gasteiger partial charge >= 0.3 is 0 Å². The Morgan fingerprint density at radius 1 is 1.19 bits per heavy atom. The number of nitrogens with one attached hydrogen (secondary N) is 1. The number of halogens is 1. The van der Waals surface area contributed by atoms with Gasteiger partial charge in [-0.2, -0.15) is 4.98 Å².